The minimum absolute atomic E-state index is 0.270. The van der Waals surface area contributed by atoms with Crippen molar-refractivity contribution in [2.24, 2.45) is 0 Å². The summed E-state index contributed by atoms with van der Waals surface area (Å²) in [6.45, 7) is 0.865. The van der Waals surface area contributed by atoms with Crippen LogP contribution in [0.3, 0.4) is 0 Å². The molecule has 2 heterocycles. The van der Waals surface area contributed by atoms with Gasteiger partial charge in [-0.3, -0.25) is 9.59 Å². The Balaban J connectivity index is 1.45. The normalized spacial score (nSPS) is 21.0. The fourth-order valence-electron chi connectivity index (χ4n) is 2.90. The molecule has 1 fully saturated rings. The number of nitrogens with zero attached hydrogens (tertiary/aromatic N) is 2. The van der Waals surface area contributed by atoms with Crippen LogP contribution < -0.4 is 0 Å². The van der Waals surface area contributed by atoms with Crippen LogP contribution in [0, 0.1) is 0 Å². The van der Waals surface area contributed by atoms with Crippen LogP contribution in [-0.4, -0.2) is 73.8 Å². The van der Waals surface area contributed by atoms with Crippen LogP contribution in [0.5, 0.6) is 0 Å². The summed E-state index contributed by atoms with van der Waals surface area (Å²) in [5, 5.41) is -0.313. The summed E-state index contributed by atoms with van der Waals surface area (Å²) in [5.41, 5.74) is 1.12. The average molecular weight is 384 g/mol. The summed E-state index contributed by atoms with van der Waals surface area (Å²) >= 11 is 1.46. The smallest absolute Gasteiger partial charge is 0.320 e. The van der Waals surface area contributed by atoms with E-state index in [1.54, 1.807) is 0 Å². The van der Waals surface area contributed by atoms with Crippen molar-refractivity contribution in [2.75, 3.05) is 39.0 Å². The Morgan fingerprint density at radius 2 is 1.88 bits per heavy atom. The van der Waals surface area contributed by atoms with Gasteiger partial charge in [-0.2, -0.15) is 4.31 Å². The first kappa shape index (κ1) is 18.2. The molecule has 25 heavy (non-hydrogen) atoms. The van der Waals surface area contributed by atoms with E-state index in [-0.39, 0.29) is 36.8 Å². The lowest BCUT2D eigenvalue weighted by Gasteiger charge is -2.33. The molecule has 1 saturated heterocycles. The van der Waals surface area contributed by atoms with Crippen molar-refractivity contribution in [1.29, 1.82) is 0 Å². The topological polar surface area (TPSA) is 84.0 Å². The number of sulfonamides is 1. The molecule has 0 radical (unpaired) electrons. The molecule has 1 atom stereocenters. The second kappa shape index (κ2) is 7.35. The highest BCUT2D eigenvalue weighted by atomic mass is 32.2. The van der Waals surface area contributed by atoms with E-state index in [9.17, 15) is 18.0 Å². The minimum atomic E-state index is -3.23. The second-order valence-electron chi connectivity index (χ2n) is 6.07. The Morgan fingerprint density at radius 3 is 2.52 bits per heavy atom. The third-order valence-corrected chi connectivity index (χ3v) is 6.91. The number of thioether (sulfide) groups is 1. The third kappa shape index (κ3) is 4.34. The molecule has 0 spiro atoms. The van der Waals surface area contributed by atoms with E-state index in [1.807, 2.05) is 24.3 Å². The van der Waals surface area contributed by atoms with Gasteiger partial charge in [0, 0.05) is 31.1 Å². The van der Waals surface area contributed by atoms with Crippen LogP contribution in [0.4, 0.5) is 0 Å². The fraction of sp³-hybridized carbons (Fsp3) is 0.500. The lowest BCUT2D eigenvalue weighted by molar-refractivity contribution is -0.152. The number of amides is 1. The minimum Gasteiger partial charge on any atom is -0.455 e. The van der Waals surface area contributed by atoms with E-state index < -0.39 is 10.0 Å². The quantitative estimate of drug-likeness (QED) is 0.697. The first-order chi connectivity index (χ1) is 11.8. The van der Waals surface area contributed by atoms with Gasteiger partial charge in [0.25, 0.3) is 5.91 Å². The lowest BCUT2D eigenvalue weighted by atomic mass is 10.1. The van der Waals surface area contributed by atoms with E-state index >= 15 is 0 Å². The molecule has 2 aliphatic rings. The largest absolute Gasteiger partial charge is 0.455 e. The fourth-order valence-corrected chi connectivity index (χ4v) is 4.92. The van der Waals surface area contributed by atoms with Crippen molar-refractivity contribution in [1.82, 2.24) is 9.21 Å². The second-order valence-corrected chi connectivity index (χ2v) is 9.30. The van der Waals surface area contributed by atoms with Crippen molar-refractivity contribution < 1.29 is 22.7 Å². The lowest BCUT2D eigenvalue weighted by Crippen LogP contribution is -2.51. The summed E-state index contributed by atoms with van der Waals surface area (Å²) < 4.78 is 29.5. The number of piperazine rings is 1. The maximum absolute atomic E-state index is 12.2. The number of ether oxygens (including phenoxy) is 1. The summed E-state index contributed by atoms with van der Waals surface area (Å²) in [7, 11) is -3.23. The molecule has 1 aromatic rings. The van der Waals surface area contributed by atoms with Gasteiger partial charge >= 0.3 is 5.97 Å². The van der Waals surface area contributed by atoms with E-state index in [0.29, 0.717) is 19.5 Å². The number of carbonyl (C=O) groups excluding carboxylic acids is 2. The van der Waals surface area contributed by atoms with Gasteiger partial charge < -0.3 is 9.64 Å². The number of rotatable bonds is 4. The molecular weight excluding hydrogens is 364 g/mol. The Labute approximate surface area is 151 Å². The van der Waals surface area contributed by atoms with Crippen LogP contribution in [0.15, 0.2) is 29.2 Å². The van der Waals surface area contributed by atoms with Gasteiger partial charge in [-0.1, -0.05) is 18.2 Å². The van der Waals surface area contributed by atoms with Crippen LogP contribution in [0.25, 0.3) is 0 Å². The van der Waals surface area contributed by atoms with Crippen molar-refractivity contribution in [3.63, 3.8) is 0 Å². The van der Waals surface area contributed by atoms with Gasteiger partial charge in [0.15, 0.2) is 6.61 Å². The van der Waals surface area contributed by atoms with Crippen molar-refractivity contribution in [3.8, 4) is 0 Å². The standard InChI is InChI=1S/C16H20N2O5S2/c1-25(21,22)18-8-6-17(7-9-18)15(19)11-23-16(20)14-10-12-4-2-3-5-13(12)24-14/h2-5,14H,6-11H2,1H3. The molecule has 0 N–H and O–H groups in total. The molecule has 136 valence electrons. The number of fused-ring (bicyclic) bond motifs is 1. The third-order valence-electron chi connectivity index (χ3n) is 4.31. The SMILES string of the molecule is CS(=O)(=O)N1CCN(C(=O)COC(=O)C2Cc3ccccc3S2)CC1. The first-order valence-corrected chi connectivity index (χ1v) is 10.7. The average Bonchev–Trinajstić information content (AvgIpc) is 3.03. The summed E-state index contributed by atoms with van der Waals surface area (Å²) in [6.07, 6.45) is 1.77. The molecule has 1 amide bonds. The van der Waals surface area contributed by atoms with Crippen LogP contribution >= 0.6 is 11.8 Å². The van der Waals surface area contributed by atoms with Crippen LogP contribution in [0.2, 0.25) is 0 Å². The number of carbonyl (C=O) groups is 2. The molecule has 3 rings (SSSR count). The highest BCUT2D eigenvalue weighted by Crippen LogP contribution is 2.37. The molecule has 2 aliphatic heterocycles. The highest BCUT2D eigenvalue weighted by Gasteiger charge is 2.31. The van der Waals surface area contributed by atoms with Gasteiger partial charge in [-0.15, -0.1) is 11.8 Å². The molecule has 0 saturated carbocycles. The summed E-state index contributed by atoms with van der Waals surface area (Å²) in [4.78, 5) is 27.0. The molecule has 1 aromatic carbocycles. The zero-order valence-electron chi connectivity index (χ0n) is 13.9. The van der Waals surface area contributed by atoms with Crippen molar-refractivity contribution in [3.05, 3.63) is 29.8 Å². The Kier molecular flexibility index (Phi) is 5.35. The van der Waals surface area contributed by atoms with E-state index in [2.05, 4.69) is 0 Å². The van der Waals surface area contributed by atoms with E-state index in [1.165, 1.54) is 21.0 Å². The summed E-state index contributed by atoms with van der Waals surface area (Å²) in [6, 6.07) is 7.83. The maximum atomic E-state index is 12.2. The van der Waals surface area contributed by atoms with E-state index in [4.69, 9.17) is 4.74 Å². The summed E-state index contributed by atoms with van der Waals surface area (Å²) in [5.74, 6) is -0.675. The van der Waals surface area contributed by atoms with Gasteiger partial charge in [0.05, 0.1) is 6.26 Å². The highest BCUT2D eigenvalue weighted by molar-refractivity contribution is 8.01. The zero-order chi connectivity index (χ0) is 18.0. The number of hydrogen-bond donors (Lipinski definition) is 0. The Hall–Kier alpha value is -1.58. The molecule has 0 aromatic heterocycles. The van der Waals surface area contributed by atoms with Crippen molar-refractivity contribution in [2.45, 2.75) is 16.6 Å². The van der Waals surface area contributed by atoms with Crippen molar-refractivity contribution >= 4 is 33.7 Å². The maximum Gasteiger partial charge on any atom is 0.320 e. The molecule has 7 nitrogen and oxygen atoms in total. The Morgan fingerprint density at radius 1 is 1.20 bits per heavy atom. The van der Waals surface area contributed by atoms with Gasteiger partial charge in [0.1, 0.15) is 5.25 Å². The molecular formula is C16H20N2O5S2. The number of esters is 1. The number of benzene rings is 1. The van der Waals surface area contributed by atoms with Crippen LogP contribution in [-0.2, 0) is 30.8 Å². The molecule has 9 heteroatoms. The first-order valence-electron chi connectivity index (χ1n) is 7.98. The van der Waals surface area contributed by atoms with Gasteiger partial charge in [0.2, 0.25) is 10.0 Å². The molecule has 0 aliphatic carbocycles. The van der Waals surface area contributed by atoms with E-state index in [0.717, 1.165) is 16.7 Å². The number of hydrogen-bond acceptors (Lipinski definition) is 6. The molecule has 0 bridgehead atoms. The zero-order valence-corrected chi connectivity index (χ0v) is 15.5. The van der Waals surface area contributed by atoms with Crippen LogP contribution in [0.1, 0.15) is 5.56 Å². The van der Waals surface area contributed by atoms with Gasteiger partial charge in [-0.25, -0.2) is 8.42 Å². The van der Waals surface area contributed by atoms with Gasteiger partial charge in [-0.05, 0) is 18.1 Å². The predicted molar refractivity (Wildman–Crippen MR) is 93.7 cm³/mol. The Bertz CT molecular complexity index is 747. The molecule has 1 unspecified atom stereocenters. The predicted octanol–water partition coefficient (Wildman–Crippen LogP) is 0.350. The monoisotopic (exact) mass is 384 g/mol.